The van der Waals surface area contributed by atoms with E-state index in [4.69, 9.17) is 0 Å². The lowest BCUT2D eigenvalue weighted by molar-refractivity contribution is 0.460. The van der Waals surface area contributed by atoms with Gasteiger partial charge in [0.2, 0.25) is 0 Å². The van der Waals surface area contributed by atoms with Crippen LogP contribution < -0.4 is 15.5 Å². The summed E-state index contributed by atoms with van der Waals surface area (Å²) in [6, 6.07) is 11.5. The van der Waals surface area contributed by atoms with Crippen molar-refractivity contribution in [2.24, 2.45) is 4.99 Å². The number of nitrogens with one attached hydrogen (secondary N) is 2. The zero-order valence-corrected chi connectivity index (χ0v) is 16.2. The highest BCUT2D eigenvalue weighted by atomic mass is 32.1. The first-order chi connectivity index (χ1) is 12.7. The highest BCUT2D eigenvalue weighted by Crippen LogP contribution is 2.21. The highest BCUT2D eigenvalue weighted by molar-refractivity contribution is 7.10. The molecule has 1 saturated heterocycles. The summed E-state index contributed by atoms with van der Waals surface area (Å²) < 4.78 is 13.4. The van der Waals surface area contributed by atoms with E-state index >= 15 is 0 Å². The number of benzene rings is 1. The Hall–Kier alpha value is -2.08. The maximum atomic E-state index is 13.4. The molecule has 2 aromatic rings. The molecule has 0 saturated carbocycles. The number of halogens is 1. The molecule has 1 aromatic heterocycles. The zero-order valence-electron chi connectivity index (χ0n) is 15.4. The molecule has 0 spiro atoms. The maximum absolute atomic E-state index is 13.4. The monoisotopic (exact) mass is 374 g/mol. The third-order valence-corrected chi connectivity index (χ3v) is 5.94. The van der Waals surface area contributed by atoms with Gasteiger partial charge in [0.25, 0.3) is 0 Å². The Bertz CT molecular complexity index is 708. The lowest BCUT2D eigenvalue weighted by Gasteiger charge is -2.34. The second-order valence-electron chi connectivity index (χ2n) is 6.76. The highest BCUT2D eigenvalue weighted by Gasteiger charge is 2.20. The van der Waals surface area contributed by atoms with E-state index in [0.717, 1.165) is 44.1 Å². The third-order valence-electron chi connectivity index (χ3n) is 4.84. The van der Waals surface area contributed by atoms with Crippen molar-refractivity contribution >= 4 is 23.0 Å². The van der Waals surface area contributed by atoms with Gasteiger partial charge in [-0.2, -0.15) is 0 Å². The Morgan fingerprint density at radius 2 is 2.12 bits per heavy atom. The Labute approximate surface area is 159 Å². The van der Waals surface area contributed by atoms with Crippen LogP contribution in [0.4, 0.5) is 10.1 Å². The predicted octanol–water partition coefficient (Wildman–Crippen LogP) is 3.82. The zero-order chi connectivity index (χ0) is 18.4. The molecule has 1 unspecified atom stereocenters. The second-order valence-corrected chi connectivity index (χ2v) is 7.73. The van der Waals surface area contributed by atoms with Crippen LogP contribution in [0, 0.1) is 5.82 Å². The van der Waals surface area contributed by atoms with Gasteiger partial charge in [-0.1, -0.05) is 19.1 Å². The Morgan fingerprint density at radius 1 is 1.31 bits per heavy atom. The van der Waals surface area contributed by atoms with Crippen molar-refractivity contribution in [1.29, 1.82) is 0 Å². The normalized spacial score (nSPS) is 17.2. The van der Waals surface area contributed by atoms with Gasteiger partial charge in [0.05, 0.1) is 0 Å². The van der Waals surface area contributed by atoms with Crippen molar-refractivity contribution in [3.8, 4) is 0 Å². The molecule has 3 rings (SSSR count). The summed E-state index contributed by atoms with van der Waals surface area (Å²) >= 11 is 1.79. The molecular formula is C20H27FN4S. The van der Waals surface area contributed by atoms with Gasteiger partial charge in [0.15, 0.2) is 5.96 Å². The molecule has 2 N–H and O–H groups in total. The number of hydrogen-bond donors (Lipinski definition) is 2. The quantitative estimate of drug-likeness (QED) is 0.617. The Kier molecular flexibility index (Phi) is 6.50. The lowest BCUT2D eigenvalue weighted by Crippen LogP contribution is -2.49. The Morgan fingerprint density at radius 3 is 2.77 bits per heavy atom. The predicted molar refractivity (Wildman–Crippen MR) is 109 cm³/mol. The molecule has 6 heteroatoms. The molecule has 1 atom stereocenters. The summed E-state index contributed by atoms with van der Waals surface area (Å²) in [7, 11) is 1.81. The standard InChI is InChI=1S/C20H27FN4S/c1-15(19-7-4-12-26-19)14-23-20(22-2)24-17-8-10-25(11-9-17)18-6-3-5-16(21)13-18/h3-7,12-13,15,17H,8-11,14H2,1-2H3,(H2,22,23,24). The van der Waals surface area contributed by atoms with Gasteiger partial charge >= 0.3 is 0 Å². The molecule has 1 aliphatic heterocycles. The molecule has 1 aliphatic rings. The minimum Gasteiger partial charge on any atom is -0.371 e. The number of hydrogen-bond acceptors (Lipinski definition) is 3. The number of guanidine groups is 1. The van der Waals surface area contributed by atoms with Crippen molar-refractivity contribution < 1.29 is 4.39 Å². The molecule has 4 nitrogen and oxygen atoms in total. The summed E-state index contributed by atoms with van der Waals surface area (Å²) in [6.07, 6.45) is 2.02. The molecule has 0 bridgehead atoms. The summed E-state index contributed by atoms with van der Waals surface area (Å²) in [5.41, 5.74) is 0.968. The number of aliphatic imine (C=N–C) groups is 1. The SMILES string of the molecule is CN=C(NCC(C)c1cccs1)NC1CCN(c2cccc(F)c2)CC1. The summed E-state index contributed by atoms with van der Waals surface area (Å²) in [5.74, 6) is 1.15. The summed E-state index contributed by atoms with van der Waals surface area (Å²) in [5, 5.41) is 9.09. The van der Waals surface area contributed by atoms with Gasteiger partial charge in [-0.05, 0) is 42.5 Å². The number of anilines is 1. The van der Waals surface area contributed by atoms with Crippen LogP contribution in [0.5, 0.6) is 0 Å². The first kappa shape index (κ1) is 18.7. The molecular weight excluding hydrogens is 347 g/mol. The molecule has 2 heterocycles. The van der Waals surface area contributed by atoms with Crippen LogP contribution in [-0.4, -0.2) is 38.7 Å². The van der Waals surface area contributed by atoms with Crippen LogP contribution in [0.25, 0.3) is 0 Å². The average molecular weight is 375 g/mol. The first-order valence-corrected chi connectivity index (χ1v) is 10.0. The largest absolute Gasteiger partial charge is 0.371 e. The van der Waals surface area contributed by atoms with Crippen molar-refractivity contribution in [2.45, 2.75) is 31.7 Å². The molecule has 140 valence electrons. The van der Waals surface area contributed by atoms with Crippen LogP contribution >= 0.6 is 11.3 Å². The smallest absolute Gasteiger partial charge is 0.191 e. The van der Waals surface area contributed by atoms with Crippen LogP contribution in [-0.2, 0) is 0 Å². The van der Waals surface area contributed by atoms with Gasteiger partial charge < -0.3 is 15.5 Å². The first-order valence-electron chi connectivity index (χ1n) is 9.17. The van der Waals surface area contributed by atoms with Gasteiger partial charge in [-0.3, -0.25) is 4.99 Å². The number of rotatable bonds is 5. The molecule has 1 aromatic carbocycles. The Balaban J connectivity index is 1.45. The fourth-order valence-electron chi connectivity index (χ4n) is 3.26. The van der Waals surface area contributed by atoms with Crippen LogP contribution in [0.2, 0.25) is 0 Å². The van der Waals surface area contributed by atoms with E-state index in [9.17, 15) is 4.39 Å². The molecule has 26 heavy (non-hydrogen) atoms. The van der Waals surface area contributed by atoms with E-state index in [1.54, 1.807) is 23.5 Å². The van der Waals surface area contributed by atoms with Crippen LogP contribution in [0.1, 0.15) is 30.6 Å². The van der Waals surface area contributed by atoms with E-state index < -0.39 is 0 Å². The van der Waals surface area contributed by atoms with Crippen molar-refractivity contribution in [2.75, 3.05) is 31.6 Å². The molecule has 1 fully saturated rings. The number of thiophene rings is 1. The van der Waals surface area contributed by atoms with Crippen LogP contribution in [0.15, 0.2) is 46.8 Å². The molecule has 0 aliphatic carbocycles. The molecule has 0 amide bonds. The van der Waals surface area contributed by atoms with Gasteiger partial charge in [-0.25, -0.2) is 4.39 Å². The minimum atomic E-state index is -0.174. The third kappa shape index (κ3) is 4.97. The fourth-order valence-corrected chi connectivity index (χ4v) is 4.05. The second kappa shape index (κ2) is 9.03. The molecule has 0 radical (unpaired) electrons. The fraction of sp³-hybridized carbons (Fsp3) is 0.450. The van der Waals surface area contributed by atoms with Crippen LogP contribution in [0.3, 0.4) is 0 Å². The van der Waals surface area contributed by atoms with E-state index in [1.165, 1.54) is 10.9 Å². The van der Waals surface area contributed by atoms with E-state index in [1.807, 2.05) is 13.1 Å². The van der Waals surface area contributed by atoms with E-state index in [0.29, 0.717) is 12.0 Å². The topological polar surface area (TPSA) is 39.7 Å². The lowest BCUT2D eigenvalue weighted by atomic mass is 10.0. The van der Waals surface area contributed by atoms with E-state index in [2.05, 4.69) is 45.0 Å². The van der Waals surface area contributed by atoms with Crippen molar-refractivity contribution in [3.63, 3.8) is 0 Å². The number of piperidine rings is 1. The van der Waals surface area contributed by atoms with Crippen molar-refractivity contribution in [3.05, 3.63) is 52.5 Å². The number of nitrogens with zero attached hydrogens (tertiary/aromatic N) is 2. The van der Waals surface area contributed by atoms with Crippen molar-refractivity contribution in [1.82, 2.24) is 10.6 Å². The minimum absolute atomic E-state index is 0.174. The van der Waals surface area contributed by atoms with Gasteiger partial charge in [0, 0.05) is 49.2 Å². The summed E-state index contributed by atoms with van der Waals surface area (Å²) in [6.45, 7) is 4.93. The maximum Gasteiger partial charge on any atom is 0.191 e. The van der Waals surface area contributed by atoms with E-state index in [-0.39, 0.29) is 5.82 Å². The van der Waals surface area contributed by atoms with Gasteiger partial charge in [0.1, 0.15) is 5.82 Å². The average Bonchev–Trinajstić information content (AvgIpc) is 3.20. The summed E-state index contributed by atoms with van der Waals surface area (Å²) in [4.78, 5) is 7.99. The van der Waals surface area contributed by atoms with Gasteiger partial charge in [-0.15, -0.1) is 11.3 Å².